The summed E-state index contributed by atoms with van der Waals surface area (Å²) in [5, 5.41) is 19.3. The second kappa shape index (κ2) is 11.9. The van der Waals surface area contributed by atoms with Crippen molar-refractivity contribution in [3.8, 4) is 6.19 Å². The number of benzene rings is 1. The first kappa shape index (κ1) is 22.4. The molecule has 0 radical (unpaired) electrons. The number of carboxylic acid groups (broad SMARTS) is 1. The summed E-state index contributed by atoms with van der Waals surface area (Å²) in [5.41, 5.74) is 5.75. The first-order valence-electron chi connectivity index (χ1n) is 8.03. The van der Waals surface area contributed by atoms with Crippen molar-refractivity contribution in [2.24, 2.45) is 5.73 Å². The highest BCUT2D eigenvalue weighted by Gasteiger charge is 2.16. The van der Waals surface area contributed by atoms with Crippen LogP contribution >= 0.6 is 0 Å². The number of rotatable bonds is 7. The van der Waals surface area contributed by atoms with Gasteiger partial charge in [0.05, 0.1) is 0 Å². The van der Waals surface area contributed by atoms with E-state index in [-0.39, 0.29) is 11.6 Å². The Hall–Kier alpha value is -2.59. The summed E-state index contributed by atoms with van der Waals surface area (Å²) in [6, 6.07) is 8.34. The minimum absolute atomic E-state index is 0.164. The molecule has 0 spiro atoms. The monoisotopic (exact) mass is 349 g/mol. The van der Waals surface area contributed by atoms with Crippen molar-refractivity contribution < 1.29 is 19.4 Å². The second-order valence-corrected chi connectivity index (χ2v) is 6.32. The highest BCUT2D eigenvalue weighted by atomic mass is 16.6. The lowest BCUT2D eigenvalue weighted by Gasteiger charge is -2.19. The van der Waals surface area contributed by atoms with E-state index in [2.05, 4.69) is 5.32 Å². The summed E-state index contributed by atoms with van der Waals surface area (Å²) in [7, 11) is 0. The second-order valence-electron chi connectivity index (χ2n) is 6.32. The lowest BCUT2D eigenvalue weighted by Crippen LogP contribution is -2.35. The molecule has 1 rings (SSSR count). The molecule has 0 bridgehead atoms. The zero-order chi connectivity index (χ0) is 19.3. The van der Waals surface area contributed by atoms with Crippen LogP contribution in [0.4, 0.5) is 0 Å². The van der Waals surface area contributed by atoms with Crippen molar-refractivity contribution in [1.82, 2.24) is 5.32 Å². The molecule has 0 amide bonds. The lowest BCUT2D eigenvalue weighted by atomic mass is 10.1. The number of nitrogens with zero attached hydrogens (tertiary/aromatic N) is 1. The van der Waals surface area contributed by atoms with Crippen molar-refractivity contribution in [1.29, 1.82) is 5.26 Å². The van der Waals surface area contributed by atoms with Crippen LogP contribution in [0.15, 0.2) is 30.3 Å². The fraction of sp³-hybridized carbons (Fsp3) is 0.500. The van der Waals surface area contributed by atoms with Gasteiger partial charge in [0.15, 0.2) is 6.19 Å². The Morgan fingerprint density at radius 2 is 1.92 bits per heavy atom. The van der Waals surface area contributed by atoms with E-state index in [1.54, 1.807) is 6.19 Å². The van der Waals surface area contributed by atoms with Gasteiger partial charge in [-0.2, -0.15) is 5.26 Å². The number of nitriles is 1. The quantitative estimate of drug-likeness (QED) is 0.389. The molecule has 1 atom stereocenters. The maximum Gasteiger partial charge on any atom is 0.327 e. The molecular weight excluding hydrogens is 322 g/mol. The van der Waals surface area contributed by atoms with Gasteiger partial charge in [0.1, 0.15) is 11.6 Å². The number of hydrogen-bond donors (Lipinski definition) is 3. The Kier molecular flexibility index (Phi) is 10.6. The third kappa shape index (κ3) is 12.5. The number of aliphatic carboxylic acids is 1. The van der Waals surface area contributed by atoms with E-state index in [1.807, 2.05) is 51.1 Å². The van der Waals surface area contributed by atoms with E-state index in [9.17, 15) is 9.59 Å². The highest BCUT2D eigenvalue weighted by Crippen LogP contribution is 2.08. The molecule has 0 aliphatic rings. The molecule has 0 aliphatic heterocycles. The van der Waals surface area contributed by atoms with Crippen LogP contribution in [0.2, 0.25) is 0 Å². The number of ether oxygens (including phenoxy) is 1. The highest BCUT2D eigenvalue weighted by molar-refractivity contribution is 5.74. The summed E-state index contributed by atoms with van der Waals surface area (Å²) >= 11 is 0. The number of hydrogen-bond acceptors (Lipinski definition) is 6. The zero-order valence-corrected chi connectivity index (χ0v) is 15.0. The van der Waals surface area contributed by atoms with Gasteiger partial charge in [-0.25, -0.2) is 4.79 Å². The number of carboxylic acids is 1. The molecule has 0 saturated heterocycles. The van der Waals surface area contributed by atoms with Crippen LogP contribution in [0.25, 0.3) is 0 Å². The molecule has 0 saturated carbocycles. The Labute approximate surface area is 148 Å². The molecule has 7 nitrogen and oxygen atoms in total. The summed E-state index contributed by atoms with van der Waals surface area (Å²) in [4.78, 5) is 21.6. The van der Waals surface area contributed by atoms with Gasteiger partial charge >= 0.3 is 11.9 Å². The van der Waals surface area contributed by atoms with E-state index >= 15 is 0 Å². The van der Waals surface area contributed by atoms with E-state index in [4.69, 9.17) is 20.8 Å². The standard InChI is InChI=1S/C10H10N2O2.C8H17NO2/c11-7-12-9(10(13)14)6-8-4-2-1-3-5-8;1-8(2,3)11-7(10)5-4-6-9/h1-5,9,12H,6H2,(H,13,14);4-6,9H2,1-3H3/t9-;/m0./s1. The smallest absolute Gasteiger partial charge is 0.327 e. The minimum Gasteiger partial charge on any atom is -0.480 e. The largest absolute Gasteiger partial charge is 0.480 e. The molecule has 7 heteroatoms. The minimum atomic E-state index is -1.02. The van der Waals surface area contributed by atoms with Crippen molar-refractivity contribution >= 4 is 11.9 Å². The summed E-state index contributed by atoms with van der Waals surface area (Å²) in [6.45, 7) is 6.10. The number of carbonyl (C=O) groups excluding carboxylic acids is 1. The van der Waals surface area contributed by atoms with Crippen molar-refractivity contribution in [3.63, 3.8) is 0 Å². The topological polar surface area (TPSA) is 125 Å². The molecule has 1 aromatic rings. The predicted octanol–water partition coefficient (Wildman–Crippen LogP) is 1.82. The predicted molar refractivity (Wildman–Crippen MR) is 94.5 cm³/mol. The SMILES string of the molecule is CC(C)(C)OC(=O)CCCN.N#CN[C@@H](Cc1ccccc1)C(=O)O. The summed E-state index contributed by atoms with van der Waals surface area (Å²) < 4.78 is 5.05. The molecule has 4 N–H and O–H groups in total. The average Bonchev–Trinajstić information content (AvgIpc) is 2.52. The molecule has 0 heterocycles. The number of carbonyl (C=O) groups is 2. The van der Waals surface area contributed by atoms with Gasteiger partial charge in [-0.1, -0.05) is 30.3 Å². The number of esters is 1. The van der Waals surface area contributed by atoms with Crippen LogP contribution in [-0.2, 0) is 20.7 Å². The number of nitrogens with one attached hydrogen (secondary N) is 1. The van der Waals surface area contributed by atoms with Crippen LogP contribution in [0.1, 0.15) is 39.2 Å². The molecule has 0 fully saturated rings. The van der Waals surface area contributed by atoms with E-state index < -0.39 is 12.0 Å². The molecule has 25 heavy (non-hydrogen) atoms. The van der Waals surface area contributed by atoms with Crippen LogP contribution in [-0.4, -0.2) is 35.2 Å². The maximum atomic E-state index is 10.9. The molecule has 0 aromatic heterocycles. The third-order valence-corrected chi connectivity index (χ3v) is 2.82. The fourth-order valence-corrected chi connectivity index (χ4v) is 1.77. The van der Waals surface area contributed by atoms with Gasteiger partial charge in [-0.3, -0.25) is 4.79 Å². The first-order chi connectivity index (χ1) is 11.7. The van der Waals surface area contributed by atoms with E-state index in [0.717, 1.165) is 5.56 Å². The van der Waals surface area contributed by atoms with Gasteiger partial charge in [-0.15, -0.1) is 0 Å². The van der Waals surface area contributed by atoms with Gasteiger partial charge < -0.3 is 20.9 Å². The van der Waals surface area contributed by atoms with E-state index in [1.165, 1.54) is 0 Å². The molecule has 138 valence electrons. The molecule has 0 unspecified atom stereocenters. The van der Waals surface area contributed by atoms with Crippen LogP contribution in [0.5, 0.6) is 0 Å². The molecule has 1 aromatic carbocycles. The zero-order valence-electron chi connectivity index (χ0n) is 15.0. The first-order valence-corrected chi connectivity index (χ1v) is 8.03. The van der Waals surface area contributed by atoms with Gasteiger partial charge in [-0.05, 0) is 39.3 Å². The fourth-order valence-electron chi connectivity index (χ4n) is 1.77. The Morgan fingerprint density at radius 1 is 1.32 bits per heavy atom. The average molecular weight is 349 g/mol. The van der Waals surface area contributed by atoms with Gasteiger partial charge in [0.25, 0.3) is 0 Å². The van der Waals surface area contributed by atoms with Crippen molar-refractivity contribution in [3.05, 3.63) is 35.9 Å². The maximum absolute atomic E-state index is 10.9. The van der Waals surface area contributed by atoms with Gasteiger partial charge in [0, 0.05) is 12.8 Å². The van der Waals surface area contributed by atoms with E-state index in [0.29, 0.717) is 25.8 Å². The Morgan fingerprint density at radius 3 is 2.36 bits per heavy atom. The van der Waals surface area contributed by atoms with Gasteiger partial charge in [0.2, 0.25) is 0 Å². The molecule has 0 aliphatic carbocycles. The Balaban J connectivity index is 0.000000477. The normalized spacial score (nSPS) is 11.3. The Bertz CT molecular complexity index is 562. The van der Waals surface area contributed by atoms with Crippen LogP contribution in [0, 0.1) is 11.5 Å². The molecular formula is C18H27N3O4. The van der Waals surface area contributed by atoms with Crippen molar-refractivity contribution in [2.45, 2.75) is 51.7 Å². The van der Waals surface area contributed by atoms with Crippen LogP contribution < -0.4 is 11.1 Å². The number of nitrogens with two attached hydrogens (primary N) is 1. The van der Waals surface area contributed by atoms with Crippen LogP contribution in [0.3, 0.4) is 0 Å². The summed E-state index contributed by atoms with van der Waals surface area (Å²) in [5.74, 6) is -1.18. The lowest BCUT2D eigenvalue weighted by molar-refractivity contribution is -0.154. The third-order valence-electron chi connectivity index (χ3n) is 2.82. The summed E-state index contributed by atoms with van der Waals surface area (Å²) in [6.07, 6.45) is 3.08. The van der Waals surface area contributed by atoms with Crippen molar-refractivity contribution in [2.75, 3.05) is 6.54 Å².